The Bertz CT molecular complexity index is 513. The molecule has 3 aliphatic rings. The van der Waals surface area contributed by atoms with Gasteiger partial charge in [-0.2, -0.15) is 0 Å². The molecular formula is C18H22OS. The molecule has 0 aromatic heterocycles. The maximum absolute atomic E-state index is 11.9. The van der Waals surface area contributed by atoms with Crippen LogP contribution in [-0.4, -0.2) is 11.5 Å². The van der Waals surface area contributed by atoms with Crippen molar-refractivity contribution < 1.29 is 4.79 Å². The van der Waals surface area contributed by atoms with E-state index in [2.05, 4.69) is 30.3 Å². The zero-order valence-corrected chi connectivity index (χ0v) is 12.7. The van der Waals surface area contributed by atoms with Gasteiger partial charge in [-0.05, 0) is 62.0 Å². The molecular weight excluding hydrogens is 264 g/mol. The Kier molecular flexibility index (Phi) is 2.99. The molecule has 3 aliphatic carbocycles. The van der Waals surface area contributed by atoms with Crippen molar-refractivity contribution in [2.24, 2.45) is 16.7 Å². The molecule has 3 saturated carbocycles. The predicted molar refractivity (Wildman–Crippen MR) is 82.8 cm³/mol. The summed E-state index contributed by atoms with van der Waals surface area (Å²) in [5.41, 5.74) is 0.357. The largest absolute Gasteiger partial charge is 0.303 e. The molecule has 106 valence electrons. The quantitative estimate of drug-likeness (QED) is 0.749. The summed E-state index contributed by atoms with van der Waals surface area (Å²) < 4.78 is 0. The lowest BCUT2D eigenvalue weighted by Gasteiger charge is -2.41. The SMILES string of the molecule is O=C[C@@]12CC[C@H]3CCC[C@]31[C@H](Sc1ccccc1)CC2. The minimum Gasteiger partial charge on any atom is -0.303 e. The summed E-state index contributed by atoms with van der Waals surface area (Å²) in [6.07, 6.45) is 10.2. The molecule has 0 bridgehead atoms. The lowest BCUT2D eigenvalue weighted by atomic mass is 9.66. The lowest BCUT2D eigenvalue weighted by Crippen LogP contribution is -2.41. The molecule has 4 atom stereocenters. The van der Waals surface area contributed by atoms with Gasteiger partial charge in [-0.25, -0.2) is 0 Å². The maximum Gasteiger partial charge on any atom is 0.126 e. The minimum atomic E-state index is 0.0284. The highest BCUT2D eigenvalue weighted by Gasteiger charge is 2.67. The van der Waals surface area contributed by atoms with Gasteiger partial charge in [0.05, 0.1) is 0 Å². The summed E-state index contributed by atoms with van der Waals surface area (Å²) in [5, 5.41) is 0.657. The number of carbonyl (C=O) groups is 1. The highest BCUT2D eigenvalue weighted by atomic mass is 32.2. The van der Waals surface area contributed by atoms with Crippen molar-refractivity contribution in [1.29, 1.82) is 0 Å². The van der Waals surface area contributed by atoms with E-state index < -0.39 is 0 Å². The van der Waals surface area contributed by atoms with Crippen molar-refractivity contribution in [3.8, 4) is 0 Å². The number of hydrogen-bond donors (Lipinski definition) is 0. The average Bonchev–Trinajstić information content (AvgIpc) is 3.11. The predicted octanol–water partition coefficient (Wildman–Crippen LogP) is 4.71. The van der Waals surface area contributed by atoms with Gasteiger partial charge in [-0.15, -0.1) is 11.8 Å². The molecule has 0 N–H and O–H groups in total. The highest BCUT2D eigenvalue weighted by Crippen LogP contribution is 2.73. The summed E-state index contributed by atoms with van der Waals surface area (Å²) in [4.78, 5) is 13.3. The van der Waals surface area contributed by atoms with E-state index in [0.717, 1.165) is 18.8 Å². The van der Waals surface area contributed by atoms with Crippen molar-refractivity contribution in [2.45, 2.75) is 55.1 Å². The van der Waals surface area contributed by atoms with E-state index in [9.17, 15) is 4.79 Å². The third kappa shape index (κ3) is 1.55. The highest BCUT2D eigenvalue weighted by molar-refractivity contribution is 8.00. The fraction of sp³-hybridized carbons (Fsp3) is 0.611. The molecule has 0 heterocycles. The molecule has 4 rings (SSSR count). The number of benzene rings is 1. The normalized spacial score (nSPS) is 42.4. The molecule has 1 aromatic rings. The second-order valence-corrected chi connectivity index (χ2v) is 8.18. The first-order valence-electron chi connectivity index (χ1n) is 7.99. The second-order valence-electron chi connectivity index (χ2n) is 6.90. The second kappa shape index (κ2) is 4.62. The Balaban J connectivity index is 1.69. The first kappa shape index (κ1) is 12.9. The molecule has 20 heavy (non-hydrogen) atoms. The first-order valence-corrected chi connectivity index (χ1v) is 8.87. The summed E-state index contributed by atoms with van der Waals surface area (Å²) in [6, 6.07) is 10.8. The van der Waals surface area contributed by atoms with Crippen LogP contribution in [0.25, 0.3) is 0 Å². The average molecular weight is 286 g/mol. The van der Waals surface area contributed by atoms with E-state index in [1.54, 1.807) is 0 Å². The van der Waals surface area contributed by atoms with Crippen LogP contribution in [0.5, 0.6) is 0 Å². The molecule has 1 aromatic carbocycles. The smallest absolute Gasteiger partial charge is 0.126 e. The minimum absolute atomic E-state index is 0.0284. The van der Waals surface area contributed by atoms with E-state index in [-0.39, 0.29) is 5.41 Å². The molecule has 0 amide bonds. The van der Waals surface area contributed by atoms with Crippen molar-refractivity contribution >= 4 is 18.0 Å². The molecule has 2 heteroatoms. The standard InChI is InChI=1S/C18H22OS/c19-13-17-11-8-14-5-4-10-18(14,17)16(9-12-17)20-15-6-2-1-3-7-15/h1-3,6-7,13-14,16H,4-5,8-12H2/t14-,16-,17+,18-/m1/s1. The third-order valence-electron chi connectivity index (χ3n) is 6.41. The number of carbonyl (C=O) groups excluding carboxylic acids is 1. The molecule has 1 spiro atoms. The van der Waals surface area contributed by atoms with E-state index >= 15 is 0 Å². The van der Waals surface area contributed by atoms with Gasteiger partial charge in [0, 0.05) is 15.6 Å². The Hall–Kier alpha value is -0.760. The Morgan fingerprint density at radius 2 is 1.85 bits per heavy atom. The van der Waals surface area contributed by atoms with E-state index in [1.165, 1.54) is 43.3 Å². The van der Waals surface area contributed by atoms with Crippen LogP contribution in [0, 0.1) is 16.7 Å². The summed E-state index contributed by atoms with van der Waals surface area (Å²) >= 11 is 2.05. The lowest BCUT2D eigenvalue weighted by molar-refractivity contribution is -0.120. The van der Waals surface area contributed by atoms with Gasteiger partial charge in [0.15, 0.2) is 0 Å². The molecule has 3 fully saturated rings. The number of hydrogen-bond acceptors (Lipinski definition) is 2. The maximum atomic E-state index is 11.9. The molecule has 0 saturated heterocycles. The van der Waals surface area contributed by atoms with Gasteiger partial charge in [0.25, 0.3) is 0 Å². The summed E-state index contributed by atoms with van der Waals surface area (Å²) in [6.45, 7) is 0. The van der Waals surface area contributed by atoms with Crippen LogP contribution < -0.4 is 0 Å². The number of thioether (sulfide) groups is 1. The van der Waals surface area contributed by atoms with Crippen LogP contribution in [-0.2, 0) is 4.79 Å². The fourth-order valence-corrected chi connectivity index (χ4v) is 7.26. The monoisotopic (exact) mass is 286 g/mol. The Morgan fingerprint density at radius 3 is 2.65 bits per heavy atom. The van der Waals surface area contributed by atoms with Crippen molar-refractivity contribution in [1.82, 2.24) is 0 Å². The Morgan fingerprint density at radius 1 is 1.05 bits per heavy atom. The van der Waals surface area contributed by atoms with Crippen LogP contribution in [0.1, 0.15) is 44.9 Å². The first-order chi connectivity index (χ1) is 9.81. The van der Waals surface area contributed by atoms with E-state index in [0.29, 0.717) is 10.7 Å². The van der Waals surface area contributed by atoms with Crippen LogP contribution in [0.4, 0.5) is 0 Å². The molecule has 0 unspecified atom stereocenters. The van der Waals surface area contributed by atoms with Crippen molar-refractivity contribution in [3.63, 3.8) is 0 Å². The van der Waals surface area contributed by atoms with E-state index in [1.807, 2.05) is 11.8 Å². The van der Waals surface area contributed by atoms with Crippen LogP contribution in [0.15, 0.2) is 35.2 Å². The van der Waals surface area contributed by atoms with Crippen molar-refractivity contribution in [2.75, 3.05) is 0 Å². The third-order valence-corrected chi connectivity index (χ3v) is 7.90. The molecule has 1 nitrogen and oxygen atoms in total. The molecule has 0 radical (unpaired) electrons. The van der Waals surface area contributed by atoms with Gasteiger partial charge in [0.1, 0.15) is 6.29 Å². The van der Waals surface area contributed by atoms with Crippen LogP contribution >= 0.6 is 11.8 Å². The number of aldehydes is 1. The Labute approximate surface area is 125 Å². The van der Waals surface area contributed by atoms with Crippen LogP contribution in [0.2, 0.25) is 0 Å². The number of rotatable bonds is 3. The van der Waals surface area contributed by atoms with Gasteiger partial charge in [-0.1, -0.05) is 24.6 Å². The van der Waals surface area contributed by atoms with Crippen LogP contribution in [0.3, 0.4) is 0 Å². The summed E-state index contributed by atoms with van der Waals surface area (Å²) in [7, 11) is 0. The van der Waals surface area contributed by atoms with Gasteiger partial charge in [0.2, 0.25) is 0 Å². The zero-order valence-electron chi connectivity index (χ0n) is 11.9. The van der Waals surface area contributed by atoms with Crippen molar-refractivity contribution in [3.05, 3.63) is 30.3 Å². The van der Waals surface area contributed by atoms with Gasteiger partial charge < -0.3 is 4.79 Å². The topological polar surface area (TPSA) is 17.1 Å². The molecule has 0 aliphatic heterocycles. The van der Waals surface area contributed by atoms with E-state index in [4.69, 9.17) is 0 Å². The fourth-order valence-electron chi connectivity index (χ4n) is 5.63. The van der Waals surface area contributed by atoms with Gasteiger partial charge in [-0.3, -0.25) is 0 Å². The zero-order chi connectivity index (χ0) is 13.6. The van der Waals surface area contributed by atoms with Gasteiger partial charge >= 0.3 is 0 Å². The summed E-state index contributed by atoms with van der Waals surface area (Å²) in [5.74, 6) is 0.816.